The SMILES string of the molecule is CCNCCCN1C(=O)COc2ccc(Br)cc21. The van der Waals surface area contributed by atoms with E-state index >= 15 is 0 Å². The minimum absolute atomic E-state index is 0.0251. The van der Waals surface area contributed by atoms with Crippen molar-refractivity contribution in [3.05, 3.63) is 22.7 Å². The quantitative estimate of drug-likeness (QED) is 0.847. The van der Waals surface area contributed by atoms with Crippen molar-refractivity contribution >= 4 is 27.5 Å². The van der Waals surface area contributed by atoms with Crippen LogP contribution in [0.5, 0.6) is 5.75 Å². The van der Waals surface area contributed by atoms with Crippen molar-refractivity contribution in [2.45, 2.75) is 13.3 Å². The Hall–Kier alpha value is -1.07. The van der Waals surface area contributed by atoms with Crippen molar-refractivity contribution < 1.29 is 9.53 Å². The van der Waals surface area contributed by atoms with Crippen LogP contribution in [0.25, 0.3) is 0 Å². The van der Waals surface area contributed by atoms with E-state index in [1.807, 2.05) is 18.2 Å². The molecule has 0 unspecified atom stereocenters. The van der Waals surface area contributed by atoms with Gasteiger partial charge >= 0.3 is 0 Å². The van der Waals surface area contributed by atoms with Gasteiger partial charge in [0.2, 0.25) is 0 Å². The number of nitrogens with one attached hydrogen (secondary N) is 1. The fourth-order valence-electron chi connectivity index (χ4n) is 1.96. The Morgan fingerprint density at radius 1 is 1.50 bits per heavy atom. The van der Waals surface area contributed by atoms with Crippen molar-refractivity contribution in [3.63, 3.8) is 0 Å². The molecule has 0 spiro atoms. The van der Waals surface area contributed by atoms with Crippen molar-refractivity contribution in [1.29, 1.82) is 0 Å². The lowest BCUT2D eigenvalue weighted by atomic mass is 10.2. The molecule has 0 fully saturated rings. The van der Waals surface area contributed by atoms with Crippen LogP contribution in [0.15, 0.2) is 22.7 Å². The lowest BCUT2D eigenvalue weighted by Gasteiger charge is -2.29. The van der Waals surface area contributed by atoms with Crippen LogP contribution in [-0.2, 0) is 4.79 Å². The second kappa shape index (κ2) is 6.20. The van der Waals surface area contributed by atoms with Gasteiger partial charge in [-0.1, -0.05) is 22.9 Å². The molecule has 0 saturated heterocycles. The maximum atomic E-state index is 11.9. The normalized spacial score (nSPS) is 14.3. The lowest BCUT2D eigenvalue weighted by molar-refractivity contribution is -0.121. The monoisotopic (exact) mass is 312 g/mol. The Kier molecular flexibility index (Phi) is 4.60. The summed E-state index contributed by atoms with van der Waals surface area (Å²) >= 11 is 3.42. The highest BCUT2D eigenvalue weighted by molar-refractivity contribution is 9.10. The van der Waals surface area contributed by atoms with Crippen molar-refractivity contribution in [2.24, 2.45) is 0 Å². The molecule has 0 saturated carbocycles. The van der Waals surface area contributed by atoms with E-state index in [0.717, 1.165) is 42.0 Å². The number of hydrogen-bond donors (Lipinski definition) is 1. The van der Waals surface area contributed by atoms with Gasteiger partial charge in [-0.3, -0.25) is 4.79 Å². The number of halogens is 1. The molecule has 0 bridgehead atoms. The first kappa shape index (κ1) is 13.4. The Morgan fingerprint density at radius 3 is 3.11 bits per heavy atom. The van der Waals surface area contributed by atoms with Gasteiger partial charge in [-0.25, -0.2) is 0 Å². The summed E-state index contributed by atoms with van der Waals surface area (Å²) < 4.78 is 6.38. The molecule has 2 rings (SSSR count). The lowest BCUT2D eigenvalue weighted by Crippen LogP contribution is -2.40. The number of carbonyl (C=O) groups excluding carboxylic acids is 1. The number of hydrogen-bond acceptors (Lipinski definition) is 3. The van der Waals surface area contributed by atoms with E-state index in [-0.39, 0.29) is 12.5 Å². The molecule has 0 aromatic heterocycles. The number of rotatable bonds is 5. The number of benzene rings is 1. The molecule has 4 nitrogen and oxygen atoms in total. The predicted molar refractivity (Wildman–Crippen MR) is 75.2 cm³/mol. The van der Waals surface area contributed by atoms with Crippen LogP contribution in [0.2, 0.25) is 0 Å². The number of anilines is 1. The minimum Gasteiger partial charge on any atom is -0.482 e. The number of fused-ring (bicyclic) bond motifs is 1. The summed E-state index contributed by atoms with van der Waals surface area (Å²) in [6, 6.07) is 5.74. The first-order valence-electron chi connectivity index (χ1n) is 6.16. The number of nitrogens with zero attached hydrogens (tertiary/aromatic N) is 1. The zero-order valence-electron chi connectivity index (χ0n) is 10.4. The highest BCUT2D eigenvalue weighted by Gasteiger charge is 2.24. The highest BCUT2D eigenvalue weighted by atomic mass is 79.9. The molecular weight excluding hydrogens is 296 g/mol. The van der Waals surface area contributed by atoms with E-state index < -0.39 is 0 Å². The van der Waals surface area contributed by atoms with Gasteiger partial charge in [-0.2, -0.15) is 0 Å². The third-order valence-electron chi connectivity index (χ3n) is 2.85. The molecule has 98 valence electrons. The standard InChI is InChI=1S/C13H17BrN2O2/c1-2-15-6-3-7-16-11-8-10(14)4-5-12(11)18-9-13(16)17/h4-5,8,15H,2-3,6-7,9H2,1H3. The van der Waals surface area contributed by atoms with Gasteiger partial charge in [0.05, 0.1) is 5.69 Å². The molecule has 1 heterocycles. The van der Waals surface area contributed by atoms with Crippen LogP contribution < -0.4 is 15.0 Å². The van der Waals surface area contributed by atoms with Crippen LogP contribution in [0.4, 0.5) is 5.69 Å². The van der Waals surface area contributed by atoms with Crippen LogP contribution in [0.1, 0.15) is 13.3 Å². The first-order chi connectivity index (χ1) is 8.72. The Balaban J connectivity index is 2.09. The van der Waals surface area contributed by atoms with Crippen molar-refractivity contribution in [2.75, 3.05) is 31.1 Å². The molecule has 0 radical (unpaired) electrons. The number of ether oxygens (including phenoxy) is 1. The molecule has 1 N–H and O–H groups in total. The summed E-state index contributed by atoms with van der Waals surface area (Å²) in [6.45, 7) is 4.81. The highest BCUT2D eigenvalue weighted by Crippen LogP contribution is 2.34. The maximum Gasteiger partial charge on any atom is 0.265 e. The Labute approximate surface area is 115 Å². The fourth-order valence-corrected chi connectivity index (χ4v) is 2.31. The molecular formula is C13H17BrN2O2. The number of carbonyl (C=O) groups is 1. The van der Waals surface area contributed by atoms with Crippen LogP contribution >= 0.6 is 15.9 Å². The van der Waals surface area contributed by atoms with Gasteiger partial charge in [-0.15, -0.1) is 0 Å². The predicted octanol–water partition coefficient (Wildman–Crippen LogP) is 2.17. The minimum atomic E-state index is 0.0251. The summed E-state index contributed by atoms with van der Waals surface area (Å²) in [6.07, 6.45) is 0.936. The van der Waals surface area contributed by atoms with Gasteiger partial charge in [0.25, 0.3) is 5.91 Å². The Morgan fingerprint density at radius 2 is 2.33 bits per heavy atom. The average molecular weight is 313 g/mol. The maximum absolute atomic E-state index is 11.9. The van der Waals surface area contributed by atoms with Gasteiger partial charge in [0.15, 0.2) is 6.61 Å². The topological polar surface area (TPSA) is 41.6 Å². The van der Waals surface area contributed by atoms with Crippen molar-refractivity contribution in [3.8, 4) is 5.75 Å². The van der Waals surface area contributed by atoms with E-state index in [4.69, 9.17) is 4.74 Å². The first-order valence-corrected chi connectivity index (χ1v) is 6.95. The summed E-state index contributed by atoms with van der Waals surface area (Å²) in [7, 11) is 0. The molecule has 0 aliphatic carbocycles. The molecule has 1 aliphatic heterocycles. The van der Waals surface area contributed by atoms with Gasteiger partial charge in [-0.05, 0) is 37.7 Å². The van der Waals surface area contributed by atoms with Gasteiger partial charge in [0, 0.05) is 11.0 Å². The smallest absolute Gasteiger partial charge is 0.265 e. The second-order valence-electron chi connectivity index (χ2n) is 4.15. The van der Waals surface area contributed by atoms with E-state index in [1.54, 1.807) is 4.90 Å². The third kappa shape index (κ3) is 3.03. The van der Waals surface area contributed by atoms with Crippen LogP contribution in [0, 0.1) is 0 Å². The summed E-state index contributed by atoms with van der Waals surface area (Å²) in [4.78, 5) is 13.7. The van der Waals surface area contributed by atoms with E-state index in [1.165, 1.54) is 0 Å². The van der Waals surface area contributed by atoms with Crippen LogP contribution in [0.3, 0.4) is 0 Å². The zero-order valence-corrected chi connectivity index (χ0v) is 12.0. The molecule has 1 aromatic rings. The summed E-state index contributed by atoms with van der Waals surface area (Å²) in [5.41, 5.74) is 0.858. The van der Waals surface area contributed by atoms with Crippen molar-refractivity contribution in [1.82, 2.24) is 5.32 Å². The fraction of sp³-hybridized carbons (Fsp3) is 0.462. The van der Waals surface area contributed by atoms with Crippen LogP contribution in [-0.4, -0.2) is 32.1 Å². The molecule has 18 heavy (non-hydrogen) atoms. The van der Waals surface area contributed by atoms with Gasteiger partial charge < -0.3 is 15.0 Å². The molecule has 1 amide bonds. The van der Waals surface area contributed by atoms with E-state index in [9.17, 15) is 4.79 Å². The molecule has 0 atom stereocenters. The molecule has 1 aromatic carbocycles. The Bertz CT molecular complexity index is 437. The zero-order chi connectivity index (χ0) is 13.0. The van der Waals surface area contributed by atoms with E-state index in [0.29, 0.717) is 0 Å². The summed E-state index contributed by atoms with van der Waals surface area (Å²) in [5.74, 6) is 0.804. The second-order valence-corrected chi connectivity index (χ2v) is 5.07. The third-order valence-corrected chi connectivity index (χ3v) is 3.34. The van der Waals surface area contributed by atoms with Gasteiger partial charge in [0.1, 0.15) is 5.75 Å². The molecule has 5 heteroatoms. The average Bonchev–Trinajstić information content (AvgIpc) is 2.36. The summed E-state index contributed by atoms with van der Waals surface area (Å²) in [5, 5.41) is 3.26. The molecule has 1 aliphatic rings. The largest absolute Gasteiger partial charge is 0.482 e. The van der Waals surface area contributed by atoms with E-state index in [2.05, 4.69) is 28.2 Å². The number of amides is 1.